The van der Waals surface area contributed by atoms with E-state index in [1.807, 2.05) is 24.3 Å². The predicted octanol–water partition coefficient (Wildman–Crippen LogP) is 4.31. The highest BCUT2D eigenvalue weighted by molar-refractivity contribution is 6.33. The van der Waals surface area contributed by atoms with Crippen molar-refractivity contribution in [1.29, 1.82) is 0 Å². The zero-order valence-corrected chi connectivity index (χ0v) is 15.7. The van der Waals surface area contributed by atoms with Gasteiger partial charge in [0, 0.05) is 12.6 Å². The van der Waals surface area contributed by atoms with Gasteiger partial charge in [0.1, 0.15) is 23.1 Å². The molecule has 1 aromatic heterocycles. The quantitative estimate of drug-likeness (QED) is 0.664. The van der Waals surface area contributed by atoms with E-state index in [0.717, 1.165) is 11.3 Å². The van der Waals surface area contributed by atoms with Gasteiger partial charge >= 0.3 is 0 Å². The molecule has 0 aliphatic carbocycles. The molecule has 0 saturated heterocycles. The smallest absolute Gasteiger partial charge is 0.274 e. The second kappa shape index (κ2) is 8.51. The van der Waals surface area contributed by atoms with Crippen molar-refractivity contribution in [1.82, 2.24) is 9.97 Å². The Kier molecular flexibility index (Phi) is 5.88. The van der Waals surface area contributed by atoms with E-state index in [0.29, 0.717) is 28.9 Å². The highest BCUT2D eigenvalue weighted by Crippen LogP contribution is 2.21. The summed E-state index contributed by atoms with van der Waals surface area (Å²) >= 11 is 6.09. The number of nitrogens with one attached hydrogen (secondary N) is 2. The largest absolute Gasteiger partial charge is 0.497 e. The maximum Gasteiger partial charge on any atom is 0.274 e. The van der Waals surface area contributed by atoms with Crippen LogP contribution in [-0.2, 0) is 6.54 Å². The Labute approximate surface area is 162 Å². The van der Waals surface area contributed by atoms with Gasteiger partial charge in [0.25, 0.3) is 5.91 Å². The molecule has 0 aliphatic heterocycles. The molecule has 7 heteroatoms. The second-order valence-corrected chi connectivity index (χ2v) is 6.23. The zero-order valence-electron chi connectivity index (χ0n) is 15.0. The van der Waals surface area contributed by atoms with Crippen molar-refractivity contribution in [2.45, 2.75) is 13.5 Å². The van der Waals surface area contributed by atoms with Crippen LogP contribution in [-0.4, -0.2) is 23.0 Å². The molecule has 0 saturated carbocycles. The van der Waals surface area contributed by atoms with Crippen LogP contribution in [0.4, 0.5) is 11.5 Å². The van der Waals surface area contributed by atoms with Crippen LogP contribution in [0.25, 0.3) is 0 Å². The molecular weight excluding hydrogens is 364 g/mol. The van der Waals surface area contributed by atoms with Gasteiger partial charge in [0.2, 0.25) is 0 Å². The Bertz CT molecular complexity index is 945. The summed E-state index contributed by atoms with van der Waals surface area (Å²) in [4.78, 5) is 21.1. The maximum atomic E-state index is 12.5. The molecular formula is C20H19ClN4O2. The van der Waals surface area contributed by atoms with Crippen LogP contribution in [0.15, 0.2) is 54.6 Å². The minimum absolute atomic E-state index is 0.264. The Morgan fingerprint density at radius 2 is 1.85 bits per heavy atom. The summed E-state index contributed by atoms with van der Waals surface area (Å²) < 4.78 is 5.15. The molecule has 27 heavy (non-hydrogen) atoms. The molecule has 1 heterocycles. The molecule has 0 spiro atoms. The number of aromatic nitrogens is 2. The van der Waals surface area contributed by atoms with Crippen LogP contribution in [0.5, 0.6) is 5.75 Å². The fourth-order valence-corrected chi connectivity index (χ4v) is 2.64. The molecule has 138 valence electrons. The number of halogens is 1. The fraction of sp³-hybridized carbons (Fsp3) is 0.150. The van der Waals surface area contributed by atoms with E-state index in [4.69, 9.17) is 16.3 Å². The van der Waals surface area contributed by atoms with Gasteiger partial charge in [-0.2, -0.15) is 0 Å². The van der Waals surface area contributed by atoms with Crippen molar-refractivity contribution in [3.05, 3.63) is 76.7 Å². The molecule has 3 rings (SSSR count). The molecule has 0 bridgehead atoms. The lowest BCUT2D eigenvalue weighted by Gasteiger charge is -2.10. The van der Waals surface area contributed by atoms with Crippen molar-refractivity contribution < 1.29 is 9.53 Å². The Balaban J connectivity index is 1.71. The number of benzene rings is 2. The molecule has 0 fully saturated rings. The maximum absolute atomic E-state index is 12.5. The van der Waals surface area contributed by atoms with Crippen LogP contribution in [0, 0.1) is 6.92 Å². The summed E-state index contributed by atoms with van der Waals surface area (Å²) in [5.74, 6) is 1.53. The summed E-state index contributed by atoms with van der Waals surface area (Å²) in [6, 6.07) is 16.4. The number of rotatable bonds is 6. The molecule has 1 amide bonds. The van der Waals surface area contributed by atoms with Gasteiger partial charge in [0.05, 0.1) is 17.8 Å². The molecule has 3 aromatic rings. The van der Waals surface area contributed by atoms with Crippen LogP contribution in [0.1, 0.15) is 21.9 Å². The number of carbonyl (C=O) groups is 1. The van der Waals surface area contributed by atoms with E-state index in [1.165, 1.54) is 0 Å². The van der Waals surface area contributed by atoms with Gasteiger partial charge in [-0.05, 0) is 36.8 Å². The lowest BCUT2D eigenvalue weighted by Crippen LogP contribution is -2.16. The van der Waals surface area contributed by atoms with Crippen molar-refractivity contribution in [3.8, 4) is 5.75 Å². The molecule has 6 nitrogen and oxygen atoms in total. The SMILES string of the molecule is COc1ccc(CNc2cc(C(=O)Nc3ccccc3Cl)nc(C)n2)cc1. The standard InChI is InChI=1S/C20H19ClN4O2/c1-13-23-18(20(26)25-17-6-4-3-5-16(17)21)11-19(24-13)22-12-14-7-9-15(27-2)10-8-14/h3-11H,12H2,1-2H3,(H,25,26)(H,22,23,24). The first-order valence-electron chi connectivity index (χ1n) is 8.33. The van der Waals surface area contributed by atoms with Crippen molar-refractivity contribution in [3.63, 3.8) is 0 Å². The highest BCUT2D eigenvalue weighted by Gasteiger charge is 2.12. The number of anilines is 2. The minimum atomic E-state index is -0.346. The third-order valence-corrected chi connectivity index (χ3v) is 4.15. The molecule has 2 N–H and O–H groups in total. The van der Waals surface area contributed by atoms with Gasteiger partial charge in [-0.3, -0.25) is 4.79 Å². The number of amides is 1. The molecule has 0 atom stereocenters. The number of nitrogens with zero attached hydrogens (tertiary/aromatic N) is 2. The van der Waals surface area contributed by atoms with E-state index in [-0.39, 0.29) is 11.6 Å². The number of para-hydroxylation sites is 1. The lowest BCUT2D eigenvalue weighted by molar-refractivity contribution is 0.102. The molecule has 0 unspecified atom stereocenters. The number of hydrogen-bond acceptors (Lipinski definition) is 5. The van der Waals surface area contributed by atoms with Crippen molar-refractivity contribution in [2.75, 3.05) is 17.7 Å². The normalized spacial score (nSPS) is 10.3. The summed E-state index contributed by atoms with van der Waals surface area (Å²) in [6.07, 6.45) is 0. The highest BCUT2D eigenvalue weighted by atomic mass is 35.5. The van der Waals surface area contributed by atoms with Gasteiger partial charge in [0.15, 0.2) is 0 Å². The number of ether oxygens (including phenoxy) is 1. The fourth-order valence-electron chi connectivity index (χ4n) is 2.46. The first-order valence-corrected chi connectivity index (χ1v) is 8.71. The third-order valence-electron chi connectivity index (χ3n) is 3.83. The molecule has 2 aromatic carbocycles. The number of hydrogen-bond donors (Lipinski definition) is 2. The first kappa shape index (κ1) is 18.7. The predicted molar refractivity (Wildman–Crippen MR) is 106 cm³/mol. The third kappa shape index (κ3) is 4.95. The van der Waals surface area contributed by atoms with Crippen molar-refractivity contribution >= 4 is 29.0 Å². The topological polar surface area (TPSA) is 76.1 Å². The van der Waals surface area contributed by atoms with E-state index in [1.54, 1.807) is 44.4 Å². The van der Waals surface area contributed by atoms with Crippen LogP contribution in [0.2, 0.25) is 5.02 Å². The monoisotopic (exact) mass is 382 g/mol. The summed E-state index contributed by atoms with van der Waals surface area (Å²) in [5.41, 5.74) is 1.86. The average molecular weight is 383 g/mol. The van der Waals surface area contributed by atoms with Gasteiger partial charge in [-0.1, -0.05) is 35.9 Å². The Morgan fingerprint density at radius 3 is 2.56 bits per heavy atom. The minimum Gasteiger partial charge on any atom is -0.497 e. The summed E-state index contributed by atoms with van der Waals surface area (Å²) in [7, 11) is 1.63. The molecule has 0 radical (unpaired) electrons. The average Bonchev–Trinajstić information content (AvgIpc) is 2.68. The molecule has 0 aliphatic rings. The second-order valence-electron chi connectivity index (χ2n) is 5.82. The van der Waals surface area contributed by atoms with Gasteiger partial charge in [-0.15, -0.1) is 0 Å². The van der Waals surface area contributed by atoms with Gasteiger partial charge in [-0.25, -0.2) is 9.97 Å². The first-order chi connectivity index (χ1) is 13.0. The van der Waals surface area contributed by atoms with Crippen molar-refractivity contribution in [2.24, 2.45) is 0 Å². The van der Waals surface area contributed by atoms with Gasteiger partial charge < -0.3 is 15.4 Å². The van der Waals surface area contributed by atoms with Crippen LogP contribution in [0.3, 0.4) is 0 Å². The Morgan fingerprint density at radius 1 is 1.11 bits per heavy atom. The number of carbonyl (C=O) groups excluding carboxylic acids is 1. The summed E-state index contributed by atoms with van der Waals surface area (Å²) in [6.45, 7) is 2.30. The number of aryl methyl sites for hydroxylation is 1. The van der Waals surface area contributed by atoms with E-state index in [2.05, 4.69) is 20.6 Å². The Hall–Kier alpha value is -3.12. The lowest BCUT2D eigenvalue weighted by atomic mass is 10.2. The number of methoxy groups -OCH3 is 1. The van der Waals surface area contributed by atoms with Crippen LogP contribution < -0.4 is 15.4 Å². The van der Waals surface area contributed by atoms with E-state index >= 15 is 0 Å². The zero-order chi connectivity index (χ0) is 19.2. The van der Waals surface area contributed by atoms with Crippen LogP contribution >= 0.6 is 11.6 Å². The van der Waals surface area contributed by atoms with E-state index in [9.17, 15) is 4.79 Å². The van der Waals surface area contributed by atoms with E-state index < -0.39 is 0 Å². The summed E-state index contributed by atoms with van der Waals surface area (Å²) in [5, 5.41) is 6.44.